The van der Waals surface area contributed by atoms with Crippen LogP contribution >= 0.6 is 0 Å². The highest BCUT2D eigenvalue weighted by molar-refractivity contribution is 6.76. The van der Waals surface area contributed by atoms with E-state index in [1.807, 2.05) is 23.0 Å². The maximum atomic E-state index is 13.7. The van der Waals surface area contributed by atoms with Gasteiger partial charge in [-0.05, 0) is 41.9 Å². The first-order chi connectivity index (χ1) is 20.2. The minimum absolute atomic E-state index is 0.284. The van der Waals surface area contributed by atoms with Crippen molar-refractivity contribution in [3.8, 4) is 22.8 Å². The molecule has 0 atom stereocenters. The zero-order valence-electron chi connectivity index (χ0n) is 23.9. The van der Waals surface area contributed by atoms with Crippen molar-refractivity contribution in [1.82, 2.24) is 24.3 Å². The fraction of sp³-hybridized carbons (Fsp3) is 0.226. The van der Waals surface area contributed by atoms with Crippen LogP contribution < -0.4 is 10.1 Å². The molecule has 216 valence electrons. The number of rotatable bonds is 12. The van der Waals surface area contributed by atoms with Crippen LogP contribution in [0.25, 0.3) is 22.3 Å². The number of anilines is 1. The Hall–Kier alpha value is -4.61. The van der Waals surface area contributed by atoms with Gasteiger partial charge in [0.25, 0.3) is 0 Å². The van der Waals surface area contributed by atoms with E-state index >= 15 is 0 Å². The van der Waals surface area contributed by atoms with Gasteiger partial charge in [-0.1, -0.05) is 44.4 Å². The summed E-state index contributed by atoms with van der Waals surface area (Å²) in [5.41, 5.74) is 4.30. The second kappa shape index (κ2) is 12.5. The van der Waals surface area contributed by atoms with E-state index in [-0.39, 0.29) is 11.7 Å². The Morgan fingerprint density at radius 2 is 1.95 bits per heavy atom. The number of halogens is 1. The highest BCUT2D eigenvalue weighted by Gasteiger charge is 2.18. The van der Waals surface area contributed by atoms with E-state index in [1.165, 1.54) is 18.2 Å². The van der Waals surface area contributed by atoms with E-state index in [2.05, 4.69) is 41.6 Å². The number of amides is 1. The number of fused-ring (bicyclic) bond motifs is 1. The number of carbonyl (C=O) groups is 1. The number of benzene rings is 2. The minimum atomic E-state index is -1.23. The summed E-state index contributed by atoms with van der Waals surface area (Å²) in [5, 5.41) is 7.22. The molecule has 3 heterocycles. The third kappa shape index (κ3) is 7.36. The van der Waals surface area contributed by atoms with Gasteiger partial charge in [-0.2, -0.15) is 5.10 Å². The third-order valence-corrected chi connectivity index (χ3v) is 8.16. The molecule has 0 radical (unpaired) electrons. The molecule has 0 fully saturated rings. The summed E-state index contributed by atoms with van der Waals surface area (Å²) in [7, 11) is -1.23. The van der Waals surface area contributed by atoms with Gasteiger partial charge in [-0.15, -0.1) is 0 Å². The van der Waals surface area contributed by atoms with E-state index in [4.69, 9.17) is 14.5 Å². The summed E-state index contributed by atoms with van der Waals surface area (Å²) in [6.45, 7) is 11.9. The van der Waals surface area contributed by atoms with Crippen molar-refractivity contribution in [3.63, 3.8) is 0 Å². The largest absolute Gasteiger partial charge is 0.437 e. The van der Waals surface area contributed by atoms with Crippen LogP contribution in [0.5, 0.6) is 11.6 Å². The molecule has 5 aromatic rings. The van der Waals surface area contributed by atoms with Crippen molar-refractivity contribution in [2.45, 2.75) is 39.0 Å². The monoisotopic (exact) mass is 584 g/mol. The summed E-state index contributed by atoms with van der Waals surface area (Å²) in [5.74, 6) is 0.183. The average molecular weight is 585 g/mol. The molecule has 0 saturated carbocycles. The first-order valence-corrected chi connectivity index (χ1v) is 17.3. The lowest BCUT2D eigenvalue weighted by atomic mass is 10.2. The molecule has 0 aliphatic carbocycles. The van der Waals surface area contributed by atoms with Gasteiger partial charge < -0.3 is 19.4 Å². The fourth-order valence-electron chi connectivity index (χ4n) is 4.30. The third-order valence-electron chi connectivity index (χ3n) is 6.46. The predicted molar refractivity (Wildman–Crippen MR) is 164 cm³/mol. The highest BCUT2D eigenvalue weighted by Crippen LogP contribution is 2.31. The molecule has 0 spiro atoms. The maximum Gasteiger partial charge on any atom is 0.247 e. The normalized spacial score (nSPS) is 11.5. The van der Waals surface area contributed by atoms with Crippen molar-refractivity contribution >= 4 is 30.8 Å². The molecule has 0 aliphatic rings. The van der Waals surface area contributed by atoms with E-state index in [0.29, 0.717) is 48.4 Å². The molecule has 0 saturated heterocycles. The van der Waals surface area contributed by atoms with E-state index in [1.54, 1.807) is 47.4 Å². The van der Waals surface area contributed by atoms with Crippen molar-refractivity contribution in [1.29, 1.82) is 0 Å². The van der Waals surface area contributed by atoms with Crippen molar-refractivity contribution in [3.05, 3.63) is 97.4 Å². The molecule has 2 aromatic carbocycles. The molecule has 0 unspecified atom stereocenters. The van der Waals surface area contributed by atoms with Crippen molar-refractivity contribution in [2.24, 2.45) is 0 Å². The smallest absolute Gasteiger partial charge is 0.247 e. The highest BCUT2D eigenvalue weighted by atomic mass is 28.3. The van der Waals surface area contributed by atoms with Crippen LogP contribution in [0, 0.1) is 5.82 Å². The summed E-state index contributed by atoms with van der Waals surface area (Å²) < 4.78 is 29.5. The zero-order valence-corrected chi connectivity index (χ0v) is 24.9. The van der Waals surface area contributed by atoms with Gasteiger partial charge >= 0.3 is 0 Å². The molecule has 1 N–H and O–H groups in total. The van der Waals surface area contributed by atoms with Gasteiger partial charge in [0, 0.05) is 50.0 Å². The summed E-state index contributed by atoms with van der Waals surface area (Å²) in [6.07, 6.45) is 8.38. The Morgan fingerprint density at radius 1 is 1.12 bits per heavy atom. The molecule has 0 bridgehead atoms. The second-order valence-electron chi connectivity index (χ2n) is 11.1. The summed E-state index contributed by atoms with van der Waals surface area (Å²) in [6, 6.07) is 14.5. The quantitative estimate of drug-likeness (QED) is 0.0995. The lowest BCUT2D eigenvalue weighted by Crippen LogP contribution is -2.22. The van der Waals surface area contributed by atoms with Gasteiger partial charge in [0.05, 0.1) is 18.9 Å². The van der Waals surface area contributed by atoms with Gasteiger partial charge in [0.2, 0.25) is 11.8 Å². The molecule has 1 amide bonds. The molecule has 9 nitrogen and oxygen atoms in total. The maximum absolute atomic E-state index is 13.7. The number of hydrogen-bond donors (Lipinski definition) is 1. The van der Waals surface area contributed by atoms with Gasteiger partial charge in [0.15, 0.2) is 5.65 Å². The van der Waals surface area contributed by atoms with Gasteiger partial charge in [-0.3, -0.25) is 9.48 Å². The Balaban J connectivity index is 1.44. The Morgan fingerprint density at radius 3 is 2.74 bits per heavy atom. The molecule has 42 heavy (non-hydrogen) atoms. The zero-order chi connectivity index (χ0) is 29.7. The molecular formula is C31H33FN6O3Si. The number of carbonyl (C=O) groups excluding carboxylic acids is 1. The number of nitrogens with one attached hydrogen (secondary N) is 1. The topological polar surface area (TPSA) is 96.1 Å². The number of ether oxygens (including phenoxy) is 2. The Labute approximate surface area is 244 Å². The van der Waals surface area contributed by atoms with Crippen molar-refractivity contribution in [2.75, 3.05) is 11.9 Å². The van der Waals surface area contributed by atoms with Crippen molar-refractivity contribution < 1.29 is 18.7 Å². The van der Waals surface area contributed by atoms with E-state index in [0.717, 1.165) is 22.7 Å². The van der Waals surface area contributed by atoms with Crippen LogP contribution in [0.4, 0.5) is 10.1 Å². The predicted octanol–water partition coefficient (Wildman–Crippen LogP) is 6.71. The number of hydrogen-bond acceptors (Lipinski definition) is 6. The van der Waals surface area contributed by atoms with Crippen LogP contribution in [-0.2, 0) is 22.8 Å². The lowest BCUT2D eigenvalue weighted by Gasteiger charge is -2.15. The van der Waals surface area contributed by atoms with Crippen LogP contribution in [0.1, 0.15) is 5.56 Å². The SMILES string of the molecule is C=CC(=O)Nc1cccc(Oc2cnc3c(n2)c(-c2cnn(Cc4cccc(F)c4)c2)cn3COCC[Si](C)(C)C)c1. The Kier molecular flexibility index (Phi) is 8.60. The summed E-state index contributed by atoms with van der Waals surface area (Å²) in [4.78, 5) is 21.2. The van der Waals surface area contributed by atoms with Crippen LogP contribution in [-0.4, -0.2) is 44.9 Å². The van der Waals surface area contributed by atoms with Gasteiger partial charge in [0.1, 0.15) is 23.8 Å². The first kappa shape index (κ1) is 28.9. The molecular weight excluding hydrogens is 551 g/mol. The van der Waals surface area contributed by atoms with Gasteiger partial charge in [-0.25, -0.2) is 14.4 Å². The van der Waals surface area contributed by atoms with Crippen LogP contribution in [0.3, 0.4) is 0 Å². The molecule has 11 heteroatoms. The second-order valence-corrected chi connectivity index (χ2v) is 16.7. The van der Waals surface area contributed by atoms with E-state index in [9.17, 15) is 9.18 Å². The molecule has 0 aliphatic heterocycles. The Bertz CT molecular complexity index is 1730. The average Bonchev–Trinajstić information content (AvgIpc) is 3.55. The van der Waals surface area contributed by atoms with E-state index < -0.39 is 8.07 Å². The standard InChI is InChI=1S/C31H33FN6O3Si/c1-5-28(39)35-25-10-7-11-26(15-25)41-29-17-33-31-30(36-29)27(20-37(31)21-40-12-13-42(2,3)4)23-16-34-38(19-23)18-22-8-6-9-24(32)14-22/h5-11,14-17,19-20H,1,12-13,18,21H2,2-4H3,(H,35,39). The first-order valence-electron chi connectivity index (χ1n) is 13.6. The summed E-state index contributed by atoms with van der Waals surface area (Å²) >= 11 is 0. The molecule has 5 rings (SSSR count). The van der Waals surface area contributed by atoms with Crippen LogP contribution in [0.15, 0.2) is 86.0 Å². The number of nitrogens with zero attached hydrogens (tertiary/aromatic N) is 5. The van der Waals surface area contributed by atoms with Crippen LogP contribution in [0.2, 0.25) is 25.7 Å². The number of aromatic nitrogens is 5. The minimum Gasteiger partial charge on any atom is -0.437 e. The lowest BCUT2D eigenvalue weighted by molar-refractivity contribution is -0.111. The molecule has 3 aromatic heterocycles. The fourth-order valence-corrected chi connectivity index (χ4v) is 5.06.